The topological polar surface area (TPSA) is 44.8 Å². The molecule has 0 aliphatic carbocycles. The van der Waals surface area contributed by atoms with Crippen LogP contribution in [0.1, 0.15) is 22.3 Å². The first-order valence-corrected chi connectivity index (χ1v) is 12.5. The van der Waals surface area contributed by atoms with Gasteiger partial charge in [-0.05, 0) is 35.4 Å². The Morgan fingerprint density at radius 3 is 1.49 bits per heavy atom. The van der Waals surface area contributed by atoms with Crippen LogP contribution in [0.2, 0.25) is 0 Å². The molecule has 4 nitrogen and oxygen atoms in total. The van der Waals surface area contributed by atoms with Gasteiger partial charge in [0.25, 0.3) is 0 Å². The number of ether oxygens (including phenoxy) is 3. The van der Waals surface area contributed by atoms with E-state index in [9.17, 15) is 13.6 Å². The van der Waals surface area contributed by atoms with Crippen molar-refractivity contribution in [2.45, 2.75) is 13.2 Å². The van der Waals surface area contributed by atoms with Gasteiger partial charge < -0.3 is 14.2 Å². The maximum atomic E-state index is 14.7. The Kier molecular flexibility index (Phi) is 8.24. The first-order valence-electron chi connectivity index (χ1n) is 12.5. The molecule has 0 saturated carbocycles. The summed E-state index contributed by atoms with van der Waals surface area (Å²) in [5.74, 6) is -1.21. The molecule has 0 spiro atoms. The summed E-state index contributed by atoms with van der Waals surface area (Å²) in [6.45, 7) is 0.481. The second kappa shape index (κ2) is 12.3. The van der Waals surface area contributed by atoms with Crippen LogP contribution in [0.4, 0.5) is 8.78 Å². The Morgan fingerprint density at radius 2 is 1.05 bits per heavy atom. The Hall–Kier alpha value is -4.55. The molecular weight excluding hydrogens is 498 g/mol. The number of halogens is 2. The molecule has 0 bridgehead atoms. The molecule has 0 aromatic heterocycles. The maximum absolute atomic E-state index is 14.7. The Morgan fingerprint density at radius 1 is 0.615 bits per heavy atom. The standard InChI is InChI=1S/C33H26F2O4/c34-29-15-7-13-25(32(29)38-19-23-9-3-1-4-10-23)17-27-21-37-22-28(31(27)36)18-26-14-8-16-30(35)33(26)39-20-24-11-5-2-6-12-24/h1-18H,19-22H2/b27-17+,28-18+. The largest absolute Gasteiger partial charge is 0.485 e. The zero-order chi connectivity index (χ0) is 27.0. The molecule has 1 aliphatic heterocycles. The summed E-state index contributed by atoms with van der Waals surface area (Å²) in [5, 5.41) is 0. The molecule has 39 heavy (non-hydrogen) atoms. The van der Waals surface area contributed by atoms with E-state index in [0.717, 1.165) is 11.1 Å². The summed E-state index contributed by atoms with van der Waals surface area (Å²) in [4.78, 5) is 13.4. The predicted molar refractivity (Wildman–Crippen MR) is 146 cm³/mol. The number of benzene rings is 4. The minimum Gasteiger partial charge on any atom is -0.485 e. The zero-order valence-electron chi connectivity index (χ0n) is 21.1. The van der Waals surface area contributed by atoms with Crippen LogP contribution in [-0.4, -0.2) is 19.0 Å². The van der Waals surface area contributed by atoms with Gasteiger partial charge in [-0.3, -0.25) is 4.79 Å². The highest BCUT2D eigenvalue weighted by molar-refractivity contribution is 6.14. The van der Waals surface area contributed by atoms with Gasteiger partial charge in [-0.15, -0.1) is 0 Å². The van der Waals surface area contributed by atoms with Crippen molar-refractivity contribution in [3.8, 4) is 11.5 Å². The lowest BCUT2D eigenvalue weighted by atomic mass is 9.97. The van der Waals surface area contributed by atoms with Crippen molar-refractivity contribution >= 4 is 17.9 Å². The monoisotopic (exact) mass is 524 g/mol. The summed E-state index contributed by atoms with van der Waals surface area (Å²) in [6, 6.07) is 28.0. The smallest absolute Gasteiger partial charge is 0.189 e. The number of hydrogen-bond donors (Lipinski definition) is 0. The van der Waals surface area contributed by atoms with Gasteiger partial charge in [-0.2, -0.15) is 0 Å². The average molecular weight is 525 g/mol. The minimum atomic E-state index is -0.528. The molecule has 5 rings (SSSR count). The van der Waals surface area contributed by atoms with E-state index in [1.165, 1.54) is 12.1 Å². The lowest BCUT2D eigenvalue weighted by Gasteiger charge is -2.19. The second-order valence-corrected chi connectivity index (χ2v) is 9.03. The van der Waals surface area contributed by atoms with Crippen LogP contribution in [0.3, 0.4) is 0 Å². The molecule has 1 heterocycles. The highest BCUT2D eigenvalue weighted by Gasteiger charge is 2.23. The normalized spacial score (nSPS) is 15.5. The fourth-order valence-electron chi connectivity index (χ4n) is 4.24. The van der Waals surface area contributed by atoms with Crippen LogP contribution < -0.4 is 9.47 Å². The van der Waals surface area contributed by atoms with Crippen molar-refractivity contribution in [3.05, 3.63) is 142 Å². The van der Waals surface area contributed by atoms with Gasteiger partial charge in [0.15, 0.2) is 28.9 Å². The lowest BCUT2D eigenvalue weighted by Crippen LogP contribution is -2.22. The van der Waals surface area contributed by atoms with E-state index in [1.807, 2.05) is 60.7 Å². The molecule has 0 unspecified atom stereocenters. The van der Waals surface area contributed by atoms with Crippen molar-refractivity contribution < 1.29 is 27.8 Å². The van der Waals surface area contributed by atoms with Crippen molar-refractivity contribution in [1.29, 1.82) is 0 Å². The van der Waals surface area contributed by atoms with E-state index in [1.54, 1.807) is 36.4 Å². The number of ketones is 1. The third-order valence-electron chi connectivity index (χ3n) is 6.20. The molecular formula is C33H26F2O4. The van der Waals surface area contributed by atoms with Gasteiger partial charge in [-0.1, -0.05) is 84.9 Å². The van der Waals surface area contributed by atoms with E-state index in [4.69, 9.17) is 14.2 Å². The number of Topliss-reactive ketones (excluding diaryl/α,β-unsaturated/α-hetero) is 1. The van der Waals surface area contributed by atoms with Crippen LogP contribution in [-0.2, 0) is 22.7 Å². The third-order valence-corrected chi connectivity index (χ3v) is 6.20. The number of hydrogen-bond acceptors (Lipinski definition) is 4. The first-order chi connectivity index (χ1) is 19.1. The molecule has 4 aromatic rings. The van der Waals surface area contributed by atoms with E-state index in [0.29, 0.717) is 22.3 Å². The van der Waals surface area contributed by atoms with Gasteiger partial charge in [-0.25, -0.2) is 8.78 Å². The molecule has 0 amide bonds. The van der Waals surface area contributed by atoms with Gasteiger partial charge >= 0.3 is 0 Å². The van der Waals surface area contributed by atoms with Gasteiger partial charge in [0, 0.05) is 22.3 Å². The van der Waals surface area contributed by atoms with Crippen molar-refractivity contribution in [1.82, 2.24) is 0 Å². The summed E-state index contributed by atoms with van der Waals surface area (Å²) in [6.07, 6.45) is 3.16. The fourth-order valence-corrected chi connectivity index (χ4v) is 4.24. The third kappa shape index (κ3) is 6.48. The van der Waals surface area contributed by atoms with E-state index >= 15 is 0 Å². The Bertz CT molecular complexity index is 1400. The molecule has 1 aliphatic rings. The van der Waals surface area contributed by atoms with E-state index in [2.05, 4.69) is 0 Å². The summed E-state index contributed by atoms with van der Waals surface area (Å²) in [5.41, 5.74) is 3.31. The zero-order valence-corrected chi connectivity index (χ0v) is 21.1. The van der Waals surface area contributed by atoms with Crippen LogP contribution in [0, 0.1) is 11.6 Å². The molecule has 0 atom stereocenters. The Labute approximate surface area is 225 Å². The first kappa shape index (κ1) is 26.1. The highest BCUT2D eigenvalue weighted by atomic mass is 19.1. The summed E-state index contributed by atoms with van der Waals surface area (Å²) < 4.78 is 46.7. The molecule has 1 fully saturated rings. The van der Waals surface area contributed by atoms with Gasteiger partial charge in [0.1, 0.15) is 13.2 Å². The average Bonchev–Trinajstić information content (AvgIpc) is 2.95. The van der Waals surface area contributed by atoms with Crippen molar-refractivity contribution in [2.75, 3.05) is 13.2 Å². The number of rotatable bonds is 8. The molecule has 1 saturated heterocycles. The summed E-state index contributed by atoms with van der Waals surface area (Å²) in [7, 11) is 0. The number of carbonyl (C=O) groups excluding carboxylic acids is 1. The predicted octanol–water partition coefficient (Wildman–Crippen LogP) is 7.19. The second-order valence-electron chi connectivity index (χ2n) is 9.03. The van der Waals surface area contributed by atoms with Crippen LogP contribution in [0.25, 0.3) is 12.2 Å². The van der Waals surface area contributed by atoms with Crippen LogP contribution in [0.15, 0.2) is 108 Å². The molecule has 196 valence electrons. The minimum absolute atomic E-state index is 0.0551. The van der Waals surface area contributed by atoms with Crippen molar-refractivity contribution in [2.24, 2.45) is 0 Å². The number of carbonyl (C=O) groups is 1. The highest BCUT2D eigenvalue weighted by Crippen LogP contribution is 2.30. The molecule has 6 heteroatoms. The molecule has 0 radical (unpaired) electrons. The number of para-hydroxylation sites is 2. The van der Waals surface area contributed by atoms with E-state index < -0.39 is 11.6 Å². The molecule has 4 aromatic carbocycles. The van der Waals surface area contributed by atoms with Gasteiger partial charge in [0.05, 0.1) is 13.2 Å². The van der Waals surface area contributed by atoms with Gasteiger partial charge in [0.2, 0.25) is 0 Å². The quantitative estimate of drug-likeness (QED) is 0.229. The lowest BCUT2D eigenvalue weighted by molar-refractivity contribution is -0.114. The van der Waals surface area contributed by atoms with E-state index in [-0.39, 0.29) is 43.7 Å². The maximum Gasteiger partial charge on any atom is 0.189 e. The Balaban J connectivity index is 1.39. The van der Waals surface area contributed by atoms with Crippen molar-refractivity contribution in [3.63, 3.8) is 0 Å². The SMILES string of the molecule is O=C1/C(=C/c2cccc(F)c2OCc2ccccc2)COC/C1=C\c1cccc(F)c1OCc1ccccc1. The van der Waals surface area contributed by atoms with Crippen LogP contribution >= 0.6 is 0 Å². The molecule has 0 N–H and O–H groups in total. The summed E-state index contributed by atoms with van der Waals surface area (Å²) >= 11 is 0. The fraction of sp³-hybridized carbons (Fsp3) is 0.121. The van der Waals surface area contributed by atoms with Crippen LogP contribution in [0.5, 0.6) is 11.5 Å².